The van der Waals surface area contributed by atoms with Gasteiger partial charge in [0.1, 0.15) is 0 Å². The van der Waals surface area contributed by atoms with Crippen molar-refractivity contribution in [2.45, 2.75) is 88.0 Å². The van der Waals surface area contributed by atoms with Gasteiger partial charge in [-0.15, -0.1) is 5.10 Å². The lowest BCUT2D eigenvalue weighted by Gasteiger charge is -2.32. The van der Waals surface area contributed by atoms with Crippen LogP contribution >= 0.6 is 0 Å². The number of hydrogen-bond donors (Lipinski definition) is 1. The Morgan fingerprint density at radius 3 is 2.25 bits per heavy atom. The Balaban J connectivity index is 1.42. The molecule has 8 nitrogen and oxygen atoms in total. The number of nitrogens with zero attached hydrogens (tertiary/aromatic N) is 3. The van der Waals surface area contributed by atoms with Crippen molar-refractivity contribution in [3.63, 3.8) is 0 Å². The summed E-state index contributed by atoms with van der Waals surface area (Å²) in [6.07, 6.45) is 10.7. The average molecular weight is 461 g/mol. The van der Waals surface area contributed by atoms with Crippen molar-refractivity contribution in [3.8, 4) is 0 Å². The highest BCUT2D eigenvalue weighted by Gasteiger charge is 2.31. The smallest absolute Gasteiger partial charge is 0.322 e. The third-order valence-electron chi connectivity index (χ3n) is 6.63. The fraction of sp³-hybridized carbons (Fsp3) is 0.609. The zero-order chi connectivity index (χ0) is 22.6. The number of aromatic nitrogens is 2. The quantitative estimate of drug-likeness (QED) is 0.641. The van der Waals surface area contributed by atoms with Gasteiger partial charge in [0.25, 0.3) is 5.91 Å². The molecular formula is C23H32N4O4S. The van der Waals surface area contributed by atoms with Crippen LogP contribution in [0.25, 0.3) is 0 Å². The zero-order valence-electron chi connectivity index (χ0n) is 18.6. The number of carbonyl (C=O) groups is 1. The molecule has 2 aromatic rings. The van der Waals surface area contributed by atoms with Crippen LogP contribution in [-0.4, -0.2) is 41.4 Å². The number of rotatable bonds is 7. The van der Waals surface area contributed by atoms with Crippen LogP contribution in [0.2, 0.25) is 0 Å². The van der Waals surface area contributed by atoms with Crippen molar-refractivity contribution in [2.24, 2.45) is 0 Å². The maximum Gasteiger partial charge on any atom is 0.322 e. The van der Waals surface area contributed by atoms with Crippen LogP contribution in [0.3, 0.4) is 0 Å². The van der Waals surface area contributed by atoms with Gasteiger partial charge in [-0.05, 0) is 49.9 Å². The first-order chi connectivity index (χ1) is 15.5. The molecule has 1 aromatic heterocycles. The molecule has 0 unspecified atom stereocenters. The van der Waals surface area contributed by atoms with Crippen LogP contribution in [0.4, 0.5) is 6.01 Å². The van der Waals surface area contributed by atoms with Crippen molar-refractivity contribution in [1.29, 1.82) is 0 Å². The lowest BCUT2D eigenvalue weighted by atomic mass is 9.89. The van der Waals surface area contributed by atoms with Crippen LogP contribution in [0.5, 0.6) is 0 Å². The highest BCUT2D eigenvalue weighted by atomic mass is 32.2. The summed E-state index contributed by atoms with van der Waals surface area (Å²) >= 11 is 0. The molecule has 2 aliphatic carbocycles. The van der Waals surface area contributed by atoms with Gasteiger partial charge in [0.05, 0.1) is 4.90 Å². The summed E-state index contributed by atoms with van der Waals surface area (Å²) in [7, 11) is -3.60. The van der Waals surface area contributed by atoms with Gasteiger partial charge in [-0.1, -0.05) is 50.5 Å². The first-order valence-electron chi connectivity index (χ1n) is 11.8. The Morgan fingerprint density at radius 1 is 1.00 bits per heavy atom. The van der Waals surface area contributed by atoms with Gasteiger partial charge in [0.15, 0.2) is 0 Å². The summed E-state index contributed by atoms with van der Waals surface area (Å²) in [6, 6.07) is 6.16. The molecular weight excluding hydrogens is 428 g/mol. The molecule has 2 fully saturated rings. The minimum Gasteiger partial charge on any atom is -0.408 e. The number of sulfonamides is 1. The third-order valence-corrected chi connectivity index (χ3v) is 8.67. The van der Waals surface area contributed by atoms with Gasteiger partial charge in [-0.3, -0.25) is 10.1 Å². The molecule has 1 amide bonds. The molecule has 0 spiro atoms. The highest BCUT2D eigenvalue weighted by molar-refractivity contribution is 7.89. The molecule has 0 saturated heterocycles. The van der Waals surface area contributed by atoms with Crippen molar-refractivity contribution in [1.82, 2.24) is 14.5 Å². The predicted molar refractivity (Wildman–Crippen MR) is 121 cm³/mol. The Bertz CT molecular complexity index is 1010. The Labute approximate surface area is 189 Å². The number of benzene rings is 1. The summed E-state index contributed by atoms with van der Waals surface area (Å²) in [5, 5.41) is 10.7. The predicted octanol–water partition coefficient (Wildman–Crippen LogP) is 4.71. The molecule has 4 rings (SSSR count). The summed E-state index contributed by atoms with van der Waals surface area (Å²) < 4.78 is 33.6. The second-order valence-electron chi connectivity index (χ2n) is 8.76. The van der Waals surface area contributed by atoms with Crippen molar-refractivity contribution in [2.75, 3.05) is 11.9 Å². The Morgan fingerprint density at radius 2 is 1.62 bits per heavy atom. The van der Waals surface area contributed by atoms with E-state index in [-0.39, 0.29) is 22.9 Å². The molecule has 0 aliphatic heterocycles. The Hall–Kier alpha value is -2.26. The van der Waals surface area contributed by atoms with E-state index in [1.807, 2.05) is 6.92 Å². The lowest BCUT2D eigenvalue weighted by Crippen LogP contribution is -2.41. The summed E-state index contributed by atoms with van der Waals surface area (Å²) in [5.41, 5.74) is 0.335. The second kappa shape index (κ2) is 10.1. The maximum absolute atomic E-state index is 13.2. The number of anilines is 1. The molecule has 2 saturated carbocycles. The molecule has 0 bridgehead atoms. The maximum atomic E-state index is 13.2. The van der Waals surface area contributed by atoms with Gasteiger partial charge in [-0.2, -0.15) is 4.31 Å². The van der Waals surface area contributed by atoms with E-state index in [2.05, 4.69) is 15.5 Å². The Kier molecular flexibility index (Phi) is 7.25. The normalized spacial score (nSPS) is 18.7. The SMILES string of the molecule is CCN(C1CCCCC1)S(=O)(=O)c1ccc(C(=O)Nc2nnc(C3CCCCC3)o2)cc1. The molecule has 32 heavy (non-hydrogen) atoms. The largest absolute Gasteiger partial charge is 0.408 e. The van der Waals surface area contributed by atoms with E-state index >= 15 is 0 Å². The molecule has 1 heterocycles. The molecule has 0 atom stereocenters. The average Bonchev–Trinajstić information content (AvgIpc) is 3.29. The summed E-state index contributed by atoms with van der Waals surface area (Å²) in [5.74, 6) is 0.424. The highest BCUT2D eigenvalue weighted by Crippen LogP contribution is 2.32. The summed E-state index contributed by atoms with van der Waals surface area (Å²) in [6.45, 7) is 2.32. The lowest BCUT2D eigenvalue weighted by molar-refractivity contribution is 0.102. The molecule has 9 heteroatoms. The minimum absolute atomic E-state index is 0.0533. The van der Waals surface area contributed by atoms with Crippen LogP contribution in [-0.2, 0) is 10.0 Å². The van der Waals surface area contributed by atoms with Crippen LogP contribution in [0.1, 0.15) is 93.3 Å². The van der Waals surface area contributed by atoms with Gasteiger partial charge in [0.2, 0.25) is 15.9 Å². The number of amides is 1. The number of carbonyl (C=O) groups excluding carboxylic acids is 1. The van der Waals surface area contributed by atoms with E-state index in [1.165, 1.54) is 37.1 Å². The van der Waals surface area contributed by atoms with Crippen LogP contribution in [0, 0.1) is 0 Å². The molecule has 174 valence electrons. The molecule has 1 aromatic carbocycles. The van der Waals surface area contributed by atoms with Gasteiger partial charge in [-0.25, -0.2) is 8.42 Å². The van der Waals surface area contributed by atoms with Crippen LogP contribution < -0.4 is 5.32 Å². The fourth-order valence-corrected chi connectivity index (χ4v) is 6.57. The first-order valence-corrected chi connectivity index (χ1v) is 13.2. The van der Waals surface area contributed by atoms with Gasteiger partial charge in [0, 0.05) is 24.1 Å². The third kappa shape index (κ3) is 5.04. The first kappa shape index (κ1) is 22.9. The van der Waals surface area contributed by atoms with Crippen molar-refractivity contribution < 1.29 is 17.6 Å². The van der Waals surface area contributed by atoms with E-state index < -0.39 is 15.9 Å². The van der Waals surface area contributed by atoms with E-state index in [0.29, 0.717) is 18.0 Å². The number of nitrogens with one attached hydrogen (secondary N) is 1. The standard InChI is InChI=1S/C23H32N4O4S/c1-2-27(19-11-7-4-8-12-19)32(29,30)20-15-13-17(14-16-20)21(28)24-23-26-25-22(31-23)18-9-5-3-6-10-18/h13-16,18-19H,2-12H2,1H3,(H,24,26,28). The molecule has 0 radical (unpaired) electrons. The zero-order valence-corrected chi connectivity index (χ0v) is 19.4. The van der Waals surface area contributed by atoms with Gasteiger partial charge >= 0.3 is 6.01 Å². The van der Waals surface area contributed by atoms with E-state index in [9.17, 15) is 13.2 Å². The van der Waals surface area contributed by atoms with Crippen LogP contribution in [0.15, 0.2) is 33.6 Å². The second-order valence-corrected chi connectivity index (χ2v) is 10.6. The van der Waals surface area contributed by atoms with Gasteiger partial charge < -0.3 is 4.42 Å². The van der Waals surface area contributed by atoms with Crippen molar-refractivity contribution in [3.05, 3.63) is 35.7 Å². The van der Waals surface area contributed by atoms with E-state index in [0.717, 1.165) is 51.4 Å². The summed E-state index contributed by atoms with van der Waals surface area (Å²) in [4.78, 5) is 12.8. The molecule has 2 aliphatic rings. The molecule has 1 N–H and O–H groups in total. The van der Waals surface area contributed by atoms with E-state index in [4.69, 9.17) is 4.42 Å². The minimum atomic E-state index is -3.60. The van der Waals surface area contributed by atoms with E-state index in [1.54, 1.807) is 4.31 Å². The van der Waals surface area contributed by atoms with Crippen molar-refractivity contribution >= 4 is 21.9 Å². The topological polar surface area (TPSA) is 105 Å². The fourth-order valence-electron chi connectivity index (χ4n) is 4.88. The monoisotopic (exact) mass is 460 g/mol. The number of hydrogen-bond acceptors (Lipinski definition) is 6.